The van der Waals surface area contributed by atoms with Gasteiger partial charge in [0, 0.05) is 42.3 Å². The molecule has 0 aliphatic carbocycles. The third-order valence-corrected chi connectivity index (χ3v) is 6.37. The fourth-order valence-corrected chi connectivity index (χ4v) is 4.53. The second-order valence-corrected chi connectivity index (χ2v) is 8.75. The van der Waals surface area contributed by atoms with Gasteiger partial charge in [0.1, 0.15) is 17.2 Å². The van der Waals surface area contributed by atoms with Crippen LogP contribution in [-0.4, -0.2) is 74.3 Å². The zero-order chi connectivity index (χ0) is 25.7. The molecule has 2 N–H and O–H groups in total. The van der Waals surface area contributed by atoms with Crippen molar-refractivity contribution in [2.75, 3.05) is 56.7 Å². The minimum absolute atomic E-state index is 0.170. The highest BCUT2D eigenvalue weighted by molar-refractivity contribution is 6.11. The van der Waals surface area contributed by atoms with E-state index in [2.05, 4.69) is 39.2 Å². The number of anilines is 2. The van der Waals surface area contributed by atoms with Gasteiger partial charge < -0.3 is 29.4 Å². The molecule has 4 rings (SSSR count). The van der Waals surface area contributed by atoms with Gasteiger partial charge in [-0.15, -0.1) is 0 Å². The zero-order valence-electron chi connectivity index (χ0n) is 21.3. The summed E-state index contributed by atoms with van der Waals surface area (Å²) in [6.45, 7) is 9.10. The maximum atomic E-state index is 13.2. The van der Waals surface area contributed by atoms with Crippen LogP contribution in [0.3, 0.4) is 0 Å². The van der Waals surface area contributed by atoms with Gasteiger partial charge in [-0.25, -0.2) is 4.79 Å². The van der Waals surface area contributed by atoms with E-state index in [1.165, 1.54) is 0 Å². The second-order valence-electron chi connectivity index (χ2n) is 8.75. The molecule has 1 amide bonds. The molecule has 3 aromatic rings. The van der Waals surface area contributed by atoms with Crippen molar-refractivity contribution >= 4 is 34.2 Å². The molecule has 0 spiro atoms. The third kappa shape index (κ3) is 5.57. The maximum absolute atomic E-state index is 13.2. The molecule has 1 atom stereocenters. The molecule has 1 aliphatic heterocycles. The number of amides is 1. The van der Waals surface area contributed by atoms with Gasteiger partial charge in [0.25, 0.3) is 0 Å². The maximum Gasteiger partial charge on any atom is 0.356 e. The van der Waals surface area contributed by atoms with Crippen LogP contribution in [0.4, 0.5) is 11.4 Å². The van der Waals surface area contributed by atoms with Crippen molar-refractivity contribution in [3.63, 3.8) is 0 Å². The number of benzene rings is 2. The Hall–Kier alpha value is -3.72. The average molecular weight is 495 g/mol. The number of rotatable bonds is 9. The Balaban J connectivity index is 1.47. The first kappa shape index (κ1) is 25.4. The quantitative estimate of drug-likeness (QED) is 0.436. The first-order valence-corrected chi connectivity index (χ1v) is 12.3. The second kappa shape index (κ2) is 11.3. The van der Waals surface area contributed by atoms with Gasteiger partial charge in [-0.2, -0.15) is 0 Å². The predicted octanol–water partition coefficient (Wildman–Crippen LogP) is 3.90. The molecule has 0 saturated carbocycles. The number of nitrogens with zero attached hydrogens (tertiary/aromatic N) is 2. The van der Waals surface area contributed by atoms with Crippen LogP contribution in [0, 0.1) is 0 Å². The van der Waals surface area contributed by atoms with Crippen molar-refractivity contribution in [2.45, 2.75) is 26.8 Å². The van der Waals surface area contributed by atoms with Crippen molar-refractivity contribution in [1.29, 1.82) is 0 Å². The lowest BCUT2D eigenvalue weighted by Crippen LogP contribution is -2.53. The lowest BCUT2D eigenvalue weighted by Gasteiger charge is -2.40. The SMILES string of the molecule is CCOC(=O)c1[nH]c2ccc(OCC)cc2c1NC(=O)CN1CCN(c2ccc(OC)cc2)C[C@H]1C. The van der Waals surface area contributed by atoms with E-state index in [9.17, 15) is 9.59 Å². The van der Waals surface area contributed by atoms with Crippen molar-refractivity contribution in [3.8, 4) is 11.5 Å². The van der Waals surface area contributed by atoms with E-state index in [0.29, 0.717) is 23.4 Å². The molecule has 1 fully saturated rings. The Bertz CT molecular complexity index is 1210. The number of piperazine rings is 1. The lowest BCUT2D eigenvalue weighted by atomic mass is 10.1. The summed E-state index contributed by atoms with van der Waals surface area (Å²) in [5, 5.41) is 3.67. The minimum Gasteiger partial charge on any atom is -0.497 e. The van der Waals surface area contributed by atoms with Gasteiger partial charge in [0.15, 0.2) is 0 Å². The number of hydrogen-bond acceptors (Lipinski definition) is 7. The van der Waals surface area contributed by atoms with E-state index in [4.69, 9.17) is 14.2 Å². The molecular weight excluding hydrogens is 460 g/mol. The number of methoxy groups -OCH3 is 1. The zero-order valence-corrected chi connectivity index (χ0v) is 21.3. The van der Waals surface area contributed by atoms with Crippen LogP contribution in [-0.2, 0) is 9.53 Å². The molecule has 0 radical (unpaired) electrons. The molecular formula is C27H34N4O5. The average Bonchev–Trinajstić information content (AvgIpc) is 3.23. The summed E-state index contributed by atoms with van der Waals surface area (Å²) >= 11 is 0. The highest BCUT2D eigenvalue weighted by Gasteiger charge is 2.27. The molecule has 0 bridgehead atoms. The number of hydrogen-bond donors (Lipinski definition) is 2. The van der Waals surface area contributed by atoms with E-state index in [1.807, 2.05) is 37.3 Å². The van der Waals surface area contributed by atoms with Crippen molar-refractivity contribution < 1.29 is 23.8 Å². The van der Waals surface area contributed by atoms with Crippen LogP contribution in [0.5, 0.6) is 11.5 Å². The predicted molar refractivity (Wildman–Crippen MR) is 140 cm³/mol. The first-order chi connectivity index (χ1) is 17.4. The van der Waals surface area contributed by atoms with Crippen LogP contribution in [0.25, 0.3) is 10.9 Å². The van der Waals surface area contributed by atoms with Gasteiger partial charge in [-0.05, 0) is 63.2 Å². The molecule has 36 heavy (non-hydrogen) atoms. The number of H-pyrrole nitrogens is 1. The summed E-state index contributed by atoms with van der Waals surface area (Å²) in [5.74, 6) is 0.796. The molecule has 2 aromatic carbocycles. The Morgan fingerprint density at radius 3 is 2.47 bits per heavy atom. The Morgan fingerprint density at radius 1 is 1.06 bits per heavy atom. The number of ether oxygens (including phenoxy) is 3. The van der Waals surface area contributed by atoms with Crippen molar-refractivity contribution in [3.05, 3.63) is 48.2 Å². The number of aromatic amines is 1. The molecule has 0 unspecified atom stereocenters. The van der Waals surface area contributed by atoms with Crippen LogP contribution in [0.15, 0.2) is 42.5 Å². The molecule has 9 nitrogen and oxygen atoms in total. The van der Waals surface area contributed by atoms with Gasteiger partial charge in [0.05, 0.1) is 32.6 Å². The summed E-state index contributed by atoms with van der Waals surface area (Å²) < 4.78 is 16.1. The Labute approximate surface area is 211 Å². The lowest BCUT2D eigenvalue weighted by molar-refractivity contribution is -0.117. The highest BCUT2D eigenvalue weighted by atomic mass is 16.5. The number of carbonyl (C=O) groups excluding carboxylic acids is 2. The fourth-order valence-electron chi connectivity index (χ4n) is 4.53. The van der Waals surface area contributed by atoms with Crippen LogP contribution in [0.2, 0.25) is 0 Å². The molecule has 192 valence electrons. The number of aromatic nitrogens is 1. The third-order valence-electron chi connectivity index (χ3n) is 6.37. The van der Waals surface area contributed by atoms with E-state index in [0.717, 1.165) is 36.6 Å². The number of nitrogens with one attached hydrogen (secondary N) is 2. The van der Waals surface area contributed by atoms with Gasteiger partial charge in [0.2, 0.25) is 5.91 Å². The monoisotopic (exact) mass is 494 g/mol. The summed E-state index contributed by atoms with van der Waals surface area (Å²) in [7, 11) is 1.66. The van der Waals surface area contributed by atoms with Crippen molar-refractivity contribution in [2.24, 2.45) is 0 Å². The van der Waals surface area contributed by atoms with Crippen LogP contribution in [0.1, 0.15) is 31.3 Å². The summed E-state index contributed by atoms with van der Waals surface area (Å²) in [6, 6.07) is 13.7. The van der Waals surface area contributed by atoms with E-state index >= 15 is 0 Å². The first-order valence-electron chi connectivity index (χ1n) is 12.3. The summed E-state index contributed by atoms with van der Waals surface area (Å²) in [6.07, 6.45) is 0. The van der Waals surface area contributed by atoms with E-state index in [-0.39, 0.29) is 30.8 Å². The Kier molecular flexibility index (Phi) is 8.00. The molecule has 1 saturated heterocycles. The number of carbonyl (C=O) groups is 2. The normalized spacial score (nSPS) is 16.1. The number of esters is 1. The Morgan fingerprint density at radius 2 is 1.81 bits per heavy atom. The fraction of sp³-hybridized carbons (Fsp3) is 0.407. The highest BCUT2D eigenvalue weighted by Crippen LogP contribution is 2.32. The summed E-state index contributed by atoms with van der Waals surface area (Å²) in [5.41, 5.74) is 2.50. The topological polar surface area (TPSA) is 96.1 Å². The van der Waals surface area contributed by atoms with Crippen LogP contribution >= 0.6 is 0 Å². The van der Waals surface area contributed by atoms with Gasteiger partial charge >= 0.3 is 5.97 Å². The largest absolute Gasteiger partial charge is 0.497 e. The molecule has 9 heteroatoms. The molecule has 2 heterocycles. The van der Waals surface area contributed by atoms with Gasteiger partial charge in [-0.1, -0.05) is 0 Å². The smallest absolute Gasteiger partial charge is 0.356 e. The van der Waals surface area contributed by atoms with Crippen molar-refractivity contribution in [1.82, 2.24) is 9.88 Å². The minimum atomic E-state index is -0.511. The standard InChI is InChI=1S/C27H34N4O5/c1-5-35-21-11-12-23-22(15-21)25(26(28-23)27(33)36-6-2)29-24(32)17-30-13-14-31(16-18(30)3)19-7-9-20(34-4)10-8-19/h7-12,15,18,28H,5-6,13-14,16-17H2,1-4H3,(H,29,32)/t18-/m1/s1. The number of fused-ring (bicyclic) bond motifs is 1. The van der Waals surface area contributed by atoms with Gasteiger partial charge in [-0.3, -0.25) is 9.69 Å². The van der Waals surface area contributed by atoms with Crippen LogP contribution < -0.4 is 19.7 Å². The molecule has 1 aliphatic rings. The summed E-state index contributed by atoms with van der Waals surface area (Å²) in [4.78, 5) is 33.3. The van der Waals surface area contributed by atoms with E-state index in [1.54, 1.807) is 14.0 Å². The van der Waals surface area contributed by atoms with E-state index < -0.39 is 5.97 Å². The molecule has 1 aromatic heterocycles.